The van der Waals surface area contributed by atoms with Gasteiger partial charge in [-0.2, -0.15) is 5.10 Å². The van der Waals surface area contributed by atoms with E-state index in [1.807, 2.05) is 24.3 Å². The van der Waals surface area contributed by atoms with Crippen molar-refractivity contribution in [3.8, 4) is 0 Å². The van der Waals surface area contributed by atoms with Crippen LogP contribution in [0.3, 0.4) is 0 Å². The third-order valence-corrected chi connectivity index (χ3v) is 6.11. The maximum absolute atomic E-state index is 6.03. The van der Waals surface area contributed by atoms with Crippen LogP contribution < -0.4 is 4.90 Å². The number of likely N-dealkylation sites (tertiary alicyclic amines) is 1. The molecule has 2 aromatic heterocycles. The van der Waals surface area contributed by atoms with E-state index in [2.05, 4.69) is 43.6 Å². The molecule has 1 spiro atoms. The van der Waals surface area contributed by atoms with Gasteiger partial charge in [0.1, 0.15) is 0 Å². The molecule has 2 saturated heterocycles. The van der Waals surface area contributed by atoms with Crippen LogP contribution >= 0.6 is 11.3 Å². The lowest BCUT2D eigenvalue weighted by Crippen LogP contribution is -2.50. The van der Waals surface area contributed by atoms with Crippen LogP contribution in [0.1, 0.15) is 23.4 Å². The number of thiophene rings is 1. The SMILES string of the molecule is Cc1ccc(N2CCOC[C@@]3(CCCN(Cc4cccs4)C3)C2)nn1. The number of anilines is 1. The molecule has 25 heavy (non-hydrogen) atoms. The first-order valence-electron chi connectivity index (χ1n) is 9.10. The highest BCUT2D eigenvalue weighted by molar-refractivity contribution is 7.09. The Hall–Kier alpha value is -1.50. The number of aromatic nitrogens is 2. The van der Waals surface area contributed by atoms with Gasteiger partial charge in [0.25, 0.3) is 0 Å². The van der Waals surface area contributed by atoms with Gasteiger partial charge in [0, 0.05) is 36.5 Å². The normalized spacial score (nSPS) is 25.2. The van der Waals surface area contributed by atoms with Gasteiger partial charge >= 0.3 is 0 Å². The van der Waals surface area contributed by atoms with E-state index in [0.717, 1.165) is 50.9 Å². The molecule has 134 valence electrons. The Kier molecular flexibility index (Phi) is 5.01. The van der Waals surface area contributed by atoms with E-state index in [9.17, 15) is 0 Å². The van der Waals surface area contributed by atoms with E-state index in [1.54, 1.807) is 0 Å². The second kappa shape index (κ2) is 7.40. The highest BCUT2D eigenvalue weighted by Crippen LogP contribution is 2.35. The lowest BCUT2D eigenvalue weighted by atomic mass is 9.80. The fourth-order valence-corrected chi connectivity index (χ4v) is 4.81. The molecule has 4 rings (SSSR count). The minimum Gasteiger partial charge on any atom is -0.379 e. The van der Waals surface area contributed by atoms with Gasteiger partial charge in [-0.3, -0.25) is 4.90 Å². The van der Waals surface area contributed by atoms with E-state index in [4.69, 9.17) is 4.74 Å². The van der Waals surface area contributed by atoms with Crippen LogP contribution in [-0.4, -0.2) is 54.5 Å². The molecule has 0 unspecified atom stereocenters. The summed E-state index contributed by atoms with van der Waals surface area (Å²) >= 11 is 1.85. The van der Waals surface area contributed by atoms with Crippen LogP contribution in [0.15, 0.2) is 29.6 Å². The molecule has 0 N–H and O–H groups in total. The van der Waals surface area contributed by atoms with E-state index < -0.39 is 0 Å². The van der Waals surface area contributed by atoms with Crippen molar-refractivity contribution in [3.63, 3.8) is 0 Å². The molecule has 0 aromatic carbocycles. The number of piperidine rings is 1. The van der Waals surface area contributed by atoms with Gasteiger partial charge in [0.2, 0.25) is 0 Å². The van der Waals surface area contributed by atoms with Gasteiger partial charge in [-0.15, -0.1) is 16.4 Å². The summed E-state index contributed by atoms with van der Waals surface area (Å²) in [4.78, 5) is 6.42. The standard InChI is InChI=1S/C19H26N4OS/c1-16-5-6-18(21-20-16)23-9-10-24-15-19(14-23)7-3-8-22(13-19)12-17-4-2-11-25-17/h2,4-6,11H,3,7-10,12-15H2,1H3/t19-/m1/s1. The van der Waals surface area contributed by atoms with Crippen molar-refractivity contribution in [2.45, 2.75) is 26.3 Å². The third kappa shape index (κ3) is 4.02. The quantitative estimate of drug-likeness (QED) is 0.844. The fourth-order valence-electron chi connectivity index (χ4n) is 4.06. The minimum absolute atomic E-state index is 0.193. The van der Waals surface area contributed by atoms with Crippen molar-refractivity contribution >= 4 is 17.2 Å². The molecule has 0 saturated carbocycles. The van der Waals surface area contributed by atoms with Gasteiger partial charge in [0.15, 0.2) is 5.82 Å². The van der Waals surface area contributed by atoms with Crippen LogP contribution in [0.25, 0.3) is 0 Å². The molecule has 4 heterocycles. The first kappa shape index (κ1) is 16.9. The molecule has 2 fully saturated rings. The monoisotopic (exact) mass is 358 g/mol. The number of nitrogens with zero attached hydrogens (tertiary/aromatic N) is 4. The fraction of sp³-hybridized carbons (Fsp3) is 0.579. The number of ether oxygens (including phenoxy) is 1. The van der Waals surface area contributed by atoms with E-state index in [0.29, 0.717) is 0 Å². The van der Waals surface area contributed by atoms with E-state index >= 15 is 0 Å². The number of aryl methyl sites for hydroxylation is 1. The van der Waals surface area contributed by atoms with Crippen molar-refractivity contribution in [2.24, 2.45) is 5.41 Å². The maximum Gasteiger partial charge on any atom is 0.151 e. The summed E-state index contributed by atoms with van der Waals surface area (Å²) < 4.78 is 6.03. The lowest BCUT2D eigenvalue weighted by Gasteiger charge is -2.43. The Morgan fingerprint density at radius 1 is 1.20 bits per heavy atom. The second-order valence-electron chi connectivity index (χ2n) is 7.40. The summed E-state index contributed by atoms with van der Waals surface area (Å²) in [7, 11) is 0. The highest BCUT2D eigenvalue weighted by Gasteiger charge is 2.39. The molecule has 2 aliphatic rings. The van der Waals surface area contributed by atoms with Gasteiger partial charge in [-0.05, 0) is 49.9 Å². The van der Waals surface area contributed by atoms with Crippen LogP contribution in [0.4, 0.5) is 5.82 Å². The van der Waals surface area contributed by atoms with Crippen molar-refractivity contribution < 1.29 is 4.74 Å². The average Bonchev–Trinajstić information content (AvgIpc) is 3.04. The predicted octanol–water partition coefficient (Wildman–Crippen LogP) is 2.97. The van der Waals surface area contributed by atoms with E-state index in [-0.39, 0.29) is 5.41 Å². The molecule has 0 aliphatic carbocycles. The molecular formula is C19H26N4OS. The van der Waals surface area contributed by atoms with Crippen LogP contribution in [0.2, 0.25) is 0 Å². The lowest BCUT2D eigenvalue weighted by molar-refractivity contribution is 0.0109. The zero-order chi connectivity index (χ0) is 17.1. The molecule has 2 aromatic rings. The topological polar surface area (TPSA) is 41.5 Å². The Balaban J connectivity index is 1.49. The second-order valence-corrected chi connectivity index (χ2v) is 8.43. The molecule has 5 nitrogen and oxygen atoms in total. The number of hydrogen-bond donors (Lipinski definition) is 0. The number of hydrogen-bond acceptors (Lipinski definition) is 6. The zero-order valence-electron chi connectivity index (χ0n) is 14.9. The molecule has 0 radical (unpaired) electrons. The number of rotatable bonds is 3. The summed E-state index contributed by atoms with van der Waals surface area (Å²) in [6, 6.07) is 8.52. The molecule has 6 heteroatoms. The van der Waals surface area contributed by atoms with Crippen LogP contribution in [0.5, 0.6) is 0 Å². The summed E-state index contributed by atoms with van der Waals surface area (Å²) in [5, 5.41) is 10.8. The van der Waals surface area contributed by atoms with Crippen molar-refractivity contribution in [1.29, 1.82) is 0 Å². The summed E-state index contributed by atoms with van der Waals surface area (Å²) in [5.41, 5.74) is 1.16. The molecule has 2 aliphatic heterocycles. The minimum atomic E-state index is 0.193. The third-order valence-electron chi connectivity index (χ3n) is 5.25. The molecule has 1 atom stereocenters. The highest BCUT2D eigenvalue weighted by atomic mass is 32.1. The van der Waals surface area contributed by atoms with E-state index in [1.165, 1.54) is 24.3 Å². The van der Waals surface area contributed by atoms with Crippen molar-refractivity contribution in [2.75, 3.05) is 44.3 Å². The van der Waals surface area contributed by atoms with Gasteiger partial charge in [-0.25, -0.2) is 0 Å². The summed E-state index contributed by atoms with van der Waals surface area (Å²) in [6.07, 6.45) is 2.46. The Morgan fingerprint density at radius 3 is 2.96 bits per heavy atom. The molecule has 0 amide bonds. The Bertz CT molecular complexity index is 675. The Labute approximate surface area is 153 Å². The van der Waals surface area contributed by atoms with Crippen molar-refractivity contribution in [1.82, 2.24) is 15.1 Å². The summed E-state index contributed by atoms with van der Waals surface area (Å²) in [6.45, 7) is 8.84. The van der Waals surface area contributed by atoms with Gasteiger partial charge in [0.05, 0.1) is 18.9 Å². The first-order chi connectivity index (χ1) is 12.2. The smallest absolute Gasteiger partial charge is 0.151 e. The molecular weight excluding hydrogens is 332 g/mol. The average molecular weight is 359 g/mol. The van der Waals surface area contributed by atoms with Gasteiger partial charge in [-0.1, -0.05) is 6.07 Å². The largest absolute Gasteiger partial charge is 0.379 e. The first-order valence-corrected chi connectivity index (χ1v) is 9.98. The maximum atomic E-state index is 6.03. The summed E-state index contributed by atoms with van der Waals surface area (Å²) in [5.74, 6) is 0.978. The Morgan fingerprint density at radius 2 is 2.16 bits per heavy atom. The van der Waals surface area contributed by atoms with Crippen LogP contribution in [0, 0.1) is 12.3 Å². The van der Waals surface area contributed by atoms with Gasteiger partial charge < -0.3 is 9.64 Å². The molecule has 0 bridgehead atoms. The zero-order valence-corrected chi connectivity index (χ0v) is 15.7. The predicted molar refractivity (Wildman–Crippen MR) is 101 cm³/mol. The van der Waals surface area contributed by atoms with Crippen molar-refractivity contribution in [3.05, 3.63) is 40.2 Å². The van der Waals surface area contributed by atoms with Crippen LogP contribution in [-0.2, 0) is 11.3 Å².